The Balaban J connectivity index is 3.25. The highest BCUT2D eigenvalue weighted by Gasteiger charge is 2.15. The maximum Gasteiger partial charge on any atom is 0.374 e. The third-order valence-electron chi connectivity index (χ3n) is 1.21. The van der Waals surface area contributed by atoms with Crippen LogP contribution in [0.4, 0.5) is 0 Å². The molecule has 2 radical (unpaired) electrons. The van der Waals surface area contributed by atoms with Crippen LogP contribution in [-0.2, 0) is 0 Å². The van der Waals surface area contributed by atoms with Crippen LogP contribution in [0.15, 0.2) is 9.59 Å². The third kappa shape index (κ3) is 0.591. The van der Waals surface area contributed by atoms with Crippen molar-refractivity contribution in [3.63, 3.8) is 0 Å². The van der Waals surface area contributed by atoms with Crippen molar-refractivity contribution in [3.05, 3.63) is 26.0 Å². The molecule has 0 unspecified atom stereocenters. The zero-order valence-electron chi connectivity index (χ0n) is 4.80. The summed E-state index contributed by atoms with van der Waals surface area (Å²) >= 11 is 0. The van der Waals surface area contributed by atoms with Crippen molar-refractivity contribution in [2.45, 2.75) is 6.92 Å². The summed E-state index contributed by atoms with van der Waals surface area (Å²) in [6.45, 7) is 1.49. The molecule has 0 aliphatic heterocycles. The SMILES string of the molecule is [B]Oc1c(C)c(=O)c1=O. The molecule has 0 spiro atoms. The molecule has 3 nitrogen and oxygen atoms in total. The highest BCUT2D eigenvalue weighted by molar-refractivity contribution is 6.00. The van der Waals surface area contributed by atoms with Gasteiger partial charge in [-0.3, -0.25) is 9.59 Å². The van der Waals surface area contributed by atoms with Crippen LogP contribution < -0.4 is 15.5 Å². The van der Waals surface area contributed by atoms with Crippen molar-refractivity contribution in [1.29, 1.82) is 0 Å². The van der Waals surface area contributed by atoms with E-state index in [0.29, 0.717) is 5.56 Å². The van der Waals surface area contributed by atoms with Crippen LogP contribution in [0.1, 0.15) is 5.56 Å². The Morgan fingerprint density at radius 1 is 1.33 bits per heavy atom. The minimum absolute atomic E-state index is 0.0139. The van der Waals surface area contributed by atoms with Gasteiger partial charge in [0.15, 0.2) is 5.75 Å². The van der Waals surface area contributed by atoms with E-state index in [4.69, 9.17) is 0 Å². The summed E-state index contributed by atoms with van der Waals surface area (Å²) in [5, 5.41) is 0. The topological polar surface area (TPSA) is 43.4 Å². The lowest BCUT2D eigenvalue weighted by molar-refractivity contribution is 0.592. The highest BCUT2D eigenvalue weighted by atomic mass is 16.4. The Bertz CT molecular complexity index is 295. The van der Waals surface area contributed by atoms with Crippen LogP contribution >= 0.6 is 0 Å². The molecule has 0 aromatic heterocycles. The van der Waals surface area contributed by atoms with E-state index in [2.05, 4.69) is 12.7 Å². The molecule has 0 aliphatic rings. The summed E-state index contributed by atoms with van der Waals surface area (Å²) in [4.78, 5) is 20.8. The van der Waals surface area contributed by atoms with Crippen LogP contribution in [0.5, 0.6) is 5.75 Å². The maximum absolute atomic E-state index is 10.4. The van der Waals surface area contributed by atoms with E-state index in [1.54, 1.807) is 0 Å². The summed E-state index contributed by atoms with van der Waals surface area (Å²) in [5.41, 5.74) is -0.826. The summed E-state index contributed by atoms with van der Waals surface area (Å²) in [7, 11) is 4.65. The van der Waals surface area contributed by atoms with Gasteiger partial charge in [-0.2, -0.15) is 0 Å². The Labute approximate surface area is 52.4 Å². The molecule has 1 aromatic rings. The number of hydrogen-bond acceptors (Lipinski definition) is 3. The predicted molar refractivity (Wildman–Crippen MR) is 32.5 cm³/mol. The first-order chi connectivity index (χ1) is 4.18. The largest absolute Gasteiger partial charge is 0.565 e. The van der Waals surface area contributed by atoms with Gasteiger partial charge in [0.1, 0.15) is 0 Å². The highest BCUT2D eigenvalue weighted by Crippen LogP contribution is 2.05. The Hall–Kier alpha value is -1.06. The van der Waals surface area contributed by atoms with Gasteiger partial charge in [0.05, 0.1) is 0 Å². The third-order valence-corrected chi connectivity index (χ3v) is 1.21. The van der Waals surface area contributed by atoms with Crippen molar-refractivity contribution in [2.24, 2.45) is 0 Å². The first-order valence-electron chi connectivity index (χ1n) is 2.35. The second-order valence-corrected chi connectivity index (χ2v) is 1.73. The van der Waals surface area contributed by atoms with E-state index in [1.807, 2.05) is 0 Å². The summed E-state index contributed by atoms with van der Waals surface area (Å²) in [6.07, 6.45) is 0. The van der Waals surface area contributed by atoms with E-state index in [1.165, 1.54) is 6.92 Å². The summed E-state index contributed by atoms with van der Waals surface area (Å²) in [6, 6.07) is 0. The lowest BCUT2D eigenvalue weighted by Gasteiger charge is -2.03. The van der Waals surface area contributed by atoms with Gasteiger partial charge in [-0.1, -0.05) is 0 Å². The molecule has 44 valence electrons. The average molecular weight is 122 g/mol. The molecule has 0 aliphatic carbocycles. The monoisotopic (exact) mass is 122 g/mol. The van der Waals surface area contributed by atoms with Crippen molar-refractivity contribution in [1.82, 2.24) is 0 Å². The maximum atomic E-state index is 10.4. The van der Waals surface area contributed by atoms with Gasteiger partial charge >= 0.3 is 8.05 Å². The molecule has 0 atom stereocenters. The van der Waals surface area contributed by atoms with Crippen molar-refractivity contribution in [3.8, 4) is 5.75 Å². The van der Waals surface area contributed by atoms with Gasteiger partial charge in [0.25, 0.3) is 5.43 Å². The average Bonchev–Trinajstić information content (AvgIpc) is 1.89. The van der Waals surface area contributed by atoms with Crippen molar-refractivity contribution >= 4 is 8.05 Å². The molecule has 0 fully saturated rings. The van der Waals surface area contributed by atoms with Crippen LogP contribution in [-0.4, -0.2) is 8.05 Å². The Kier molecular flexibility index (Phi) is 1.16. The van der Waals surface area contributed by atoms with Gasteiger partial charge in [-0.05, 0) is 6.92 Å². The molecule has 0 heterocycles. The van der Waals surface area contributed by atoms with Gasteiger partial charge in [-0.15, -0.1) is 0 Å². The van der Waals surface area contributed by atoms with Crippen molar-refractivity contribution in [2.75, 3.05) is 0 Å². The lowest BCUT2D eigenvalue weighted by atomic mass is 10.1. The number of hydrogen-bond donors (Lipinski definition) is 0. The smallest absolute Gasteiger partial charge is 0.374 e. The standard InChI is InChI=1S/C5H3BO3/c1-2-3(7)4(8)5(2)9-6/h1H3. The fourth-order valence-corrected chi connectivity index (χ4v) is 0.626. The van der Waals surface area contributed by atoms with E-state index < -0.39 is 10.9 Å². The quantitative estimate of drug-likeness (QED) is 0.356. The lowest BCUT2D eigenvalue weighted by Crippen LogP contribution is -2.34. The molecule has 9 heavy (non-hydrogen) atoms. The van der Waals surface area contributed by atoms with E-state index in [-0.39, 0.29) is 5.75 Å². The van der Waals surface area contributed by atoms with E-state index in [0.717, 1.165) is 0 Å². The van der Waals surface area contributed by atoms with Gasteiger partial charge in [0.2, 0.25) is 5.43 Å². The van der Waals surface area contributed by atoms with Gasteiger partial charge < -0.3 is 4.65 Å². The second-order valence-electron chi connectivity index (χ2n) is 1.73. The normalized spacial score (nSPS) is 9.89. The molecular formula is C5H3BO3. The Morgan fingerprint density at radius 3 is 2.11 bits per heavy atom. The Morgan fingerprint density at radius 2 is 1.89 bits per heavy atom. The molecule has 1 rings (SSSR count). The molecule has 0 saturated heterocycles. The molecule has 1 aromatic carbocycles. The van der Waals surface area contributed by atoms with Crippen molar-refractivity contribution < 1.29 is 4.65 Å². The first-order valence-corrected chi connectivity index (χ1v) is 2.35. The summed E-state index contributed by atoms with van der Waals surface area (Å²) < 4.78 is 4.09. The van der Waals surface area contributed by atoms with E-state index in [9.17, 15) is 9.59 Å². The minimum Gasteiger partial charge on any atom is -0.565 e. The summed E-state index contributed by atoms with van der Waals surface area (Å²) in [5.74, 6) is -0.0139. The van der Waals surface area contributed by atoms with E-state index >= 15 is 0 Å². The first kappa shape index (κ1) is 6.07. The predicted octanol–water partition coefficient (Wildman–Crippen LogP) is -0.947. The van der Waals surface area contributed by atoms with Crippen LogP contribution in [0, 0.1) is 6.92 Å². The van der Waals surface area contributed by atoms with Crippen LogP contribution in [0.2, 0.25) is 0 Å². The fraction of sp³-hybridized carbons (Fsp3) is 0.200. The minimum atomic E-state index is -0.630. The molecule has 4 heteroatoms. The zero-order chi connectivity index (χ0) is 7.02. The molecule has 0 bridgehead atoms. The molecule has 0 N–H and O–H groups in total. The van der Waals surface area contributed by atoms with Crippen LogP contribution in [0.25, 0.3) is 0 Å². The zero-order valence-corrected chi connectivity index (χ0v) is 4.80. The molecule has 0 saturated carbocycles. The second kappa shape index (κ2) is 1.72. The number of rotatable bonds is 1. The van der Waals surface area contributed by atoms with Gasteiger partial charge in [-0.25, -0.2) is 0 Å². The molecular weight excluding hydrogens is 119 g/mol. The van der Waals surface area contributed by atoms with Gasteiger partial charge in [0, 0.05) is 5.56 Å². The fourth-order valence-electron chi connectivity index (χ4n) is 0.626. The van der Waals surface area contributed by atoms with Crippen LogP contribution in [0.3, 0.4) is 0 Å². The molecule has 0 amide bonds.